The van der Waals surface area contributed by atoms with Crippen molar-refractivity contribution < 1.29 is 9.53 Å². The quantitative estimate of drug-likeness (QED) is 0.253. The van der Waals surface area contributed by atoms with Crippen LogP contribution in [0.3, 0.4) is 0 Å². The van der Waals surface area contributed by atoms with Crippen molar-refractivity contribution >= 4 is 41.5 Å². The first kappa shape index (κ1) is 21.6. The van der Waals surface area contributed by atoms with Gasteiger partial charge in [-0.05, 0) is 31.0 Å². The number of halogens is 1. The molecule has 0 saturated carbocycles. The first-order chi connectivity index (χ1) is 10.7. The van der Waals surface area contributed by atoms with E-state index in [-0.39, 0.29) is 29.9 Å². The van der Waals surface area contributed by atoms with E-state index in [1.54, 1.807) is 7.05 Å². The summed E-state index contributed by atoms with van der Waals surface area (Å²) in [5.41, 5.74) is 2.02. The van der Waals surface area contributed by atoms with Gasteiger partial charge in [-0.2, -0.15) is 0 Å². The standard InChI is InChI=1S/C16H26N4O2.HI/c1-4-22-12-11-19-16(17-3)18-10-9-14-5-7-15(8-6-14)20-13(2)21;/h5-8H,4,9-12H2,1-3H3,(H,20,21)(H2,17,18,19);1H. The molecule has 1 aromatic carbocycles. The number of nitrogens with zero attached hydrogens (tertiary/aromatic N) is 1. The molecule has 23 heavy (non-hydrogen) atoms. The number of guanidine groups is 1. The third-order valence-corrected chi connectivity index (χ3v) is 2.95. The van der Waals surface area contributed by atoms with Crippen LogP contribution >= 0.6 is 24.0 Å². The van der Waals surface area contributed by atoms with E-state index in [0.29, 0.717) is 6.61 Å². The molecule has 0 radical (unpaired) electrons. The second-order valence-electron chi connectivity index (χ2n) is 4.75. The number of carbonyl (C=O) groups excluding carboxylic acids is 1. The summed E-state index contributed by atoms with van der Waals surface area (Å²) in [6.07, 6.45) is 0.881. The van der Waals surface area contributed by atoms with Crippen LogP contribution in [0.15, 0.2) is 29.3 Å². The topological polar surface area (TPSA) is 74.8 Å². The number of rotatable bonds is 8. The van der Waals surface area contributed by atoms with Crippen molar-refractivity contribution in [3.05, 3.63) is 29.8 Å². The van der Waals surface area contributed by atoms with Crippen LogP contribution in [0.2, 0.25) is 0 Å². The lowest BCUT2D eigenvalue weighted by atomic mass is 10.1. The molecule has 1 amide bonds. The molecule has 0 saturated heterocycles. The van der Waals surface area contributed by atoms with Crippen molar-refractivity contribution in [1.82, 2.24) is 10.6 Å². The number of anilines is 1. The molecular weight excluding hydrogens is 407 g/mol. The van der Waals surface area contributed by atoms with Gasteiger partial charge < -0.3 is 20.7 Å². The Labute approximate surface area is 155 Å². The zero-order valence-corrected chi connectivity index (χ0v) is 16.3. The summed E-state index contributed by atoms with van der Waals surface area (Å²) >= 11 is 0. The van der Waals surface area contributed by atoms with Crippen molar-refractivity contribution in [2.75, 3.05) is 38.7 Å². The molecule has 130 valence electrons. The summed E-state index contributed by atoms with van der Waals surface area (Å²) in [6, 6.07) is 7.84. The second kappa shape index (κ2) is 13.1. The summed E-state index contributed by atoms with van der Waals surface area (Å²) in [6.45, 7) is 6.39. The average molecular weight is 434 g/mol. The number of amides is 1. The molecule has 0 aliphatic carbocycles. The number of ether oxygens (including phenoxy) is 1. The van der Waals surface area contributed by atoms with Gasteiger partial charge in [0.1, 0.15) is 0 Å². The molecule has 0 aliphatic rings. The van der Waals surface area contributed by atoms with E-state index in [9.17, 15) is 4.79 Å². The van der Waals surface area contributed by atoms with Gasteiger partial charge in [0.05, 0.1) is 6.61 Å². The van der Waals surface area contributed by atoms with E-state index < -0.39 is 0 Å². The lowest BCUT2D eigenvalue weighted by Gasteiger charge is -2.12. The lowest BCUT2D eigenvalue weighted by Crippen LogP contribution is -2.39. The van der Waals surface area contributed by atoms with Crippen LogP contribution in [0.1, 0.15) is 19.4 Å². The van der Waals surface area contributed by atoms with Crippen molar-refractivity contribution in [1.29, 1.82) is 0 Å². The number of hydrogen-bond donors (Lipinski definition) is 3. The molecule has 0 fully saturated rings. The lowest BCUT2D eigenvalue weighted by molar-refractivity contribution is -0.114. The molecule has 3 N–H and O–H groups in total. The van der Waals surface area contributed by atoms with Crippen LogP contribution in [0.4, 0.5) is 5.69 Å². The molecule has 0 bridgehead atoms. The fraction of sp³-hybridized carbons (Fsp3) is 0.500. The van der Waals surface area contributed by atoms with Crippen LogP contribution in [-0.4, -0.2) is 45.2 Å². The first-order valence-corrected chi connectivity index (χ1v) is 7.54. The van der Waals surface area contributed by atoms with E-state index in [1.165, 1.54) is 12.5 Å². The summed E-state index contributed by atoms with van der Waals surface area (Å²) < 4.78 is 5.27. The highest BCUT2D eigenvalue weighted by Gasteiger charge is 1.99. The Hall–Kier alpha value is -1.35. The highest BCUT2D eigenvalue weighted by molar-refractivity contribution is 14.0. The van der Waals surface area contributed by atoms with E-state index in [1.807, 2.05) is 31.2 Å². The summed E-state index contributed by atoms with van der Waals surface area (Å²) in [4.78, 5) is 15.1. The molecular formula is C16H27IN4O2. The molecule has 6 nitrogen and oxygen atoms in total. The monoisotopic (exact) mass is 434 g/mol. The smallest absolute Gasteiger partial charge is 0.221 e. The molecule has 0 atom stereocenters. The highest BCUT2D eigenvalue weighted by Crippen LogP contribution is 2.09. The molecule has 0 unspecified atom stereocenters. The van der Waals surface area contributed by atoms with Gasteiger partial charge in [0.15, 0.2) is 5.96 Å². The number of aliphatic imine (C=N–C) groups is 1. The third kappa shape index (κ3) is 10.1. The van der Waals surface area contributed by atoms with Crippen LogP contribution < -0.4 is 16.0 Å². The van der Waals surface area contributed by atoms with Gasteiger partial charge >= 0.3 is 0 Å². The van der Waals surface area contributed by atoms with Crippen molar-refractivity contribution in [2.24, 2.45) is 4.99 Å². The van der Waals surface area contributed by atoms with Crippen LogP contribution in [0.5, 0.6) is 0 Å². The molecule has 0 aliphatic heterocycles. The molecule has 7 heteroatoms. The zero-order valence-electron chi connectivity index (χ0n) is 14.0. The Morgan fingerprint density at radius 3 is 2.39 bits per heavy atom. The predicted molar refractivity (Wildman–Crippen MR) is 106 cm³/mol. The van der Waals surface area contributed by atoms with Gasteiger partial charge in [-0.3, -0.25) is 9.79 Å². The van der Waals surface area contributed by atoms with E-state index in [2.05, 4.69) is 20.9 Å². The van der Waals surface area contributed by atoms with Gasteiger partial charge in [-0.1, -0.05) is 12.1 Å². The van der Waals surface area contributed by atoms with Crippen LogP contribution in [-0.2, 0) is 16.0 Å². The summed E-state index contributed by atoms with van der Waals surface area (Å²) in [7, 11) is 1.75. The maximum absolute atomic E-state index is 11.0. The van der Waals surface area contributed by atoms with E-state index in [0.717, 1.165) is 37.8 Å². The minimum Gasteiger partial charge on any atom is -0.380 e. The van der Waals surface area contributed by atoms with Crippen molar-refractivity contribution in [2.45, 2.75) is 20.3 Å². The van der Waals surface area contributed by atoms with Gasteiger partial charge in [-0.15, -0.1) is 24.0 Å². The predicted octanol–water partition coefficient (Wildman–Crippen LogP) is 2.01. The Morgan fingerprint density at radius 2 is 1.83 bits per heavy atom. The first-order valence-electron chi connectivity index (χ1n) is 7.54. The summed E-state index contributed by atoms with van der Waals surface area (Å²) in [5, 5.41) is 9.20. The number of benzene rings is 1. The van der Waals surface area contributed by atoms with E-state index in [4.69, 9.17) is 4.74 Å². The largest absolute Gasteiger partial charge is 0.380 e. The van der Waals surface area contributed by atoms with E-state index >= 15 is 0 Å². The molecule has 0 spiro atoms. The maximum Gasteiger partial charge on any atom is 0.221 e. The minimum absolute atomic E-state index is 0. The van der Waals surface area contributed by atoms with Crippen molar-refractivity contribution in [3.63, 3.8) is 0 Å². The summed E-state index contributed by atoms with van der Waals surface area (Å²) in [5.74, 6) is 0.714. The van der Waals surface area contributed by atoms with Crippen molar-refractivity contribution in [3.8, 4) is 0 Å². The Morgan fingerprint density at radius 1 is 1.17 bits per heavy atom. The third-order valence-electron chi connectivity index (χ3n) is 2.95. The number of nitrogens with one attached hydrogen (secondary N) is 3. The van der Waals surface area contributed by atoms with Gasteiger partial charge in [0.25, 0.3) is 0 Å². The molecule has 0 aromatic heterocycles. The highest BCUT2D eigenvalue weighted by atomic mass is 127. The second-order valence-corrected chi connectivity index (χ2v) is 4.75. The zero-order chi connectivity index (χ0) is 16.2. The van der Waals surface area contributed by atoms with Gasteiger partial charge in [-0.25, -0.2) is 0 Å². The van der Waals surface area contributed by atoms with Crippen LogP contribution in [0.25, 0.3) is 0 Å². The normalized spacial score (nSPS) is 10.7. The maximum atomic E-state index is 11.0. The van der Waals surface area contributed by atoms with Gasteiger partial charge in [0.2, 0.25) is 5.91 Å². The molecule has 0 heterocycles. The Balaban J connectivity index is 0.00000484. The average Bonchev–Trinajstić information content (AvgIpc) is 2.51. The molecule has 1 aromatic rings. The number of hydrogen-bond acceptors (Lipinski definition) is 3. The number of carbonyl (C=O) groups is 1. The minimum atomic E-state index is -0.0589. The molecule has 1 rings (SSSR count). The Kier molecular flexibility index (Phi) is 12.4. The fourth-order valence-electron chi connectivity index (χ4n) is 1.89. The van der Waals surface area contributed by atoms with Gasteiger partial charge in [0, 0.05) is 39.4 Å². The fourth-order valence-corrected chi connectivity index (χ4v) is 1.89. The Bertz CT molecular complexity index is 477. The SMILES string of the molecule is CCOCCNC(=NC)NCCc1ccc(NC(C)=O)cc1.I. The van der Waals surface area contributed by atoms with Crippen LogP contribution in [0, 0.1) is 0 Å².